The number of carbonyl (C=O) groups excluding carboxylic acids is 1. The molecule has 4 N–H and O–H groups in total. The van der Waals surface area contributed by atoms with Gasteiger partial charge in [-0.25, -0.2) is 19.4 Å². The molecule has 1 aliphatic heterocycles. The van der Waals surface area contributed by atoms with Crippen LogP contribution in [0.1, 0.15) is 40.0 Å². The molecule has 8 nitrogen and oxygen atoms in total. The molecule has 0 radical (unpaired) electrons. The summed E-state index contributed by atoms with van der Waals surface area (Å²) in [5, 5.41) is 5.30. The number of anilines is 3. The summed E-state index contributed by atoms with van der Waals surface area (Å²) < 4.78 is 52.7. The van der Waals surface area contributed by atoms with Gasteiger partial charge in [-0.3, -0.25) is 4.79 Å². The van der Waals surface area contributed by atoms with Gasteiger partial charge in [0.1, 0.15) is 11.5 Å². The molecule has 2 heterocycles. The number of alkyl halides is 3. The molecule has 0 atom stereocenters. The number of carbonyl (C=O) groups is 1. The Bertz CT molecular complexity index is 1400. The van der Waals surface area contributed by atoms with Crippen LogP contribution in [0.25, 0.3) is 0 Å². The Kier molecular flexibility index (Phi) is 7.60. The van der Waals surface area contributed by atoms with Gasteiger partial charge < -0.3 is 21.3 Å². The molecule has 4 rings (SSSR count). The standard InChI is InChI=1S/C26H25F4N7O/c1-3-32-21-14-33-25(37-10-4-5-11-37)36-22(21)23(31)35-20-12-16(7-6-15(20)2)24(38)34-17-8-9-19(27)18(13-17)26(28,29)30/h3,6-9,12-14,32H,1,4-5,10-11H2,2H3,(H2,31,35)(H,34,38). The van der Waals surface area contributed by atoms with E-state index in [0.717, 1.165) is 32.0 Å². The van der Waals surface area contributed by atoms with Gasteiger partial charge in [0.05, 0.1) is 23.1 Å². The zero-order valence-electron chi connectivity index (χ0n) is 20.4. The van der Waals surface area contributed by atoms with Crippen LogP contribution in [0, 0.1) is 12.7 Å². The van der Waals surface area contributed by atoms with E-state index < -0.39 is 23.5 Å². The third kappa shape index (κ3) is 5.90. The molecule has 1 aromatic heterocycles. The number of amidine groups is 1. The average molecular weight is 528 g/mol. The van der Waals surface area contributed by atoms with Crippen LogP contribution in [0.4, 0.5) is 40.6 Å². The first-order chi connectivity index (χ1) is 18.1. The van der Waals surface area contributed by atoms with E-state index in [2.05, 4.69) is 32.2 Å². The molecule has 198 valence electrons. The van der Waals surface area contributed by atoms with E-state index in [9.17, 15) is 22.4 Å². The van der Waals surface area contributed by atoms with Crippen molar-refractivity contribution in [1.29, 1.82) is 0 Å². The highest BCUT2D eigenvalue weighted by Crippen LogP contribution is 2.33. The SMILES string of the molecule is C=CNc1cnc(N2CCCC2)nc1C(N)=Nc1cc(C(=O)Nc2ccc(F)c(C(F)(F)F)c2)ccc1C. The second-order valence-electron chi connectivity index (χ2n) is 8.62. The van der Waals surface area contributed by atoms with E-state index in [1.807, 2.05) is 4.90 Å². The molecular weight excluding hydrogens is 502 g/mol. The van der Waals surface area contributed by atoms with Crippen LogP contribution in [0.2, 0.25) is 0 Å². The smallest absolute Gasteiger partial charge is 0.382 e. The van der Waals surface area contributed by atoms with Crippen LogP contribution in [0.15, 0.2) is 60.4 Å². The quantitative estimate of drug-likeness (QED) is 0.216. The summed E-state index contributed by atoms with van der Waals surface area (Å²) in [5.74, 6) is -1.55. The summed E-state index contributed by atoms with van der Waals surface area (Å²) in [6.45, 7) is 7.09. The summed E-state index contributed by atoms with van der Waals surface area (Å²) in [6.07, 6.45) is 0.232. The van der Waals surface area contributed by atoms with E-state index in [1.54, 1.807) is 19.2 Å². The molecule has 1 aliphatic rings. The molecule has 1 amide bonds. The van der Waals surface area contributed by atoms with E-state index in [0.29, 0.717) is 40.7 Å². The zero-order valence-corrected chi connectivity index (χ0v) is 20.4. The third-order valence-corrected chi connectivity index (χ3v) is 5.91. The third-order valence-electron chi connectivity index (χ3n) is 5.91. The van der Waals surface area contributed by atoms with Gasteiger partial charge in [0, 0.05) is 24.3 Å². The fourth-order valence-corrected chi connectivity index (χ4v) is 3.93. The van der Waals surface area contributed by atoms with Gasteiger partial charge in [-0.15, -0.1) is 0 Å². The number of hydrogen-bond donors (Lipinski definition) is 3. The van der Waals surface area contributed by atoms with Crippen LogP contribution < -0.4 is 21.3 Å². The maximum Gasteiger partial charge on any atom is 0.419 e. The molecule has 3 aromatic rings. The summed E-state index contributed by atoms with van der Waals surface area (Å²) in [7, 11) is 0. The normalized spacial score (nSPS) is 13.9. The van der Waals surface area contributed by atoms with Gasteiger partial charge in [0.25, 0.3) is 5.91 Å². The number of halogens is 4. The van der Waals surface area contributed by atoms with Gasteiger partial charge in [-0.2, -0.15) is 13.2 Å². The lowest BCUT2D eigenvalue weighted by Gasteiger charge is -2.17. The van der Waals surface area contributed by atoms with E-state index >= 15 is 0 Å². The number of aliphatic imine (C=N–C) groups is 1. The van der Waals surface area contributed by atoms with Crippen LogP contribution in [-0.2, 0) is 6.18 Å². The van der Waals surface area contributed by atoms with Crippen molar-refractivity contribution in [3.63, 3.8) is 0 Å². The summed E-state index contributed by atoms with van der Waals surface area (Å²) in [6, 6.07) is 6.82. The van der Waals surface area contributed by atoms with Crippen molar-refractivity contribution in [3.8, 4) is 0 Å². The summed E-state index contributed by atoms with van der Waals surface area (Å²) in [4.78, 5) is 28.3. The molecule has 0 aliphatic carbocycles. The van der Waals surface area contributed by atoms with Crippen molar-refractivity contribution in [3.05, 3.63) is 83.6 Å². The Labute approximate surface area is 216 Å². The number of aromatic nitrogens is 2. The Morgan fingerprint density at radius 3 is 2.61 bits per heavy atom. The van der Waals surface area contributed by atoms with Crippen molar-refractivity contribution in [1.82, 2.24) is 9.97 Å². The Morgan fingerprint density at radius 2 is 1.92 bits per heavy atom. The molecule has 0 spiro atoms. The molecule has 0 unspecified atom stereocenters. The van der Waals surface area contributed by atoms with Crippen molar-refractivity contribution >= 4 is 34.8 Å². The van der Waals surface area contributed by atoms with Gasteiger partial charge in [-0.1, -0.05) is 12.6 Å². The Balaban J connectivity index is 1.63. The van der Waals surface area contributed by atoms with E-state index in [1.165, 1.54) is 18.3 Å². The average Bonchev–Trinajstić information content (AvgIpc) is 3.41. The van der Waals surface area contributed by atoms with Crippen molar-refractivity contribution in [2.75, 3.05) is 28.6 Å². The Hall–Kier alpha value is -4.48. The fourth-order valence-electron chi connectivity index (χ4n) is 3.93. The first-order valence-electron chi connectivity index (χ1n) is 11.7. The number of nitrogens with one attached hydrogen (secondary N) is 2. The highest BCUT2D eigenvalue weighted by Gasteiger charge is 2.34. The van der Waals surface area contributed by atoms with Crippen LogP contribution in [-0.4, -0.2) is 34.8 Å². The van der Waals surface area contributed by atoms with Gasteiger partial charge in [-0.05, 0) is 61.9 Å². The van der Waals surface area contributed by atoms with Crippen molar-refractivity contribution in [2.24, 2.45) is 10.7 Å². The number of amides is 1. The number of benzene rings is 2. The number of rotatable bonds is 7. The summed E-state index contributed by atoms with van der Waals surface area (Å²) in [5.41, 5.74) is 6.67. The minimum atomic E-state index is -4.90. The largest absolute Gasteiger partial charge is 0.419 e. The van der Waals surface area contributed by atoms with E-state index in [4.69, 9.17) is 5.73 Å². The second-order valence-corrected chi connectivity index (χ2v) is 8.62. The van der Waals surface area contributed by atoms with Gasteiger partial charge in [0.2, 0.25) is 5.95 Å². The molecule has 38 heavy (non-hydrogen) atoms. The van der Waals surface area contributed by atoms with Crippen LogP contribution >= 0.6 is 0 Å². The molecular formula is C26H25F4N7O. The first-order valence-corrected chi connectivity index (χ1v) is 11.7. The number of aryl methyl sites for hydroxylation is 1. The monoisotopic (exact) mass is 527 g/mol. The second kappa shape index (κ2) is 10.9. The zero-order chi connectivity index (χ0) is 27.4. The minimum Gasteiger partial charge on any atom is -0.382 e. The van der Waals surface area contributed by atoms with Crippen LogP contribution in [0.3, 0.4) is 0 Å². The lowest BCUT2D eigenvalue weighted by atomic mass is 10.1. The molecule has 2 aromatic carbocycles. The minimum absolute atomic E-state index is 0.0613. The molecule has 1 fully saturated rings. The lowest BCUT2D eigenvalue weighted by molar-refractivity contribution is -0.139. The fraction of sp³-hybridized carbons (Fsp3) is 0.231. The first kappa shape index (κ1) is 26.6. The molecule has 1 saturated heterocycles. The van der Waals surface area contributed by atoms with Gasteiger partial charge >= 0.3 is 6.18 Å². The Morgan fingerprint density at radius 1 is 1.18 bits per heavy atom. The van der Waals surface area contributed by atoms with Crippen molar-refractivity contribution < 1.29 is 22.4 Å². The maximum absolute atomic E-state index is 13.6. The maximum atomic E-state index is 13.6. The number of nitrogens with zero attached hydrogens (tertiary/aromatic N) is 4. The summed E-state index contributed by atoms with van der Waals surface area (Å²) >= 11 is 0. The lowest BCUT2D eigenvalue weighted by Crippen LogP contribution is -2.24. The molecule has 0 saturated carbocycles. The number of nitrogens with two attached hydrogens (primary N) is 1. The predicted molar refractivity (Wildman–Crippen MR) is 138 cm³/mol. The van der Waals surface area contributed by atoms with E-state index in [-0.39, 0.29) is 17.1 Å². The van der Waals surface area contributed by atoms with Crippen molar-refractivity contribution in [2.45, 2.75) is 25.9 Å². The molecule has 0 bridgehead atoms. The molecule has 12 heteroatoms. The van der Waals surface area contributed by atoms with Gasteiger partial charge in [0.15, 0.2) is 5.84 Å². The highest BCUT2D eigenvalue weighted by atomic mass is 19.4. The van der Waals surface area contributed by atoms with Crippen LogP contribution in [0.5, 0.6) is 0 Å². The highest BCUT2D eigenvalue weighted by molar-refractivity contribution is 6.06. The topological polar surface area (TPSA) is 109 Å². The predicted octanol–water partition coefficient (Wildman–Crippen LogP) is 5.39. The number of hydrogen-bond acceptors (Lipinski definition) is 6.